The molecule has 0 aliphatic heterocycles. The molecule has 1 fully saturated rings. The Hall–Kier alpha value is -1.95. The van der Waals surface area contributed by atoms with Crippen LogP contribution in [0.1, 0.15) is 12.5 Å². The van der Waals surface area contributed by atoms with Crippen molar-refractivity contribution in [3.8, 4) is 5.75 Å². The summed E-state index contributed by atoms with van der Waals surface area (Å²) in [6.07, 6.45) is 9.31. The summed E-state index contributed by atoms with van der Waals surface area (Å²) < 4.78 is 0. The number of nitrogens with zero attached hydrogens (tertiary/aromatic N) is 2. The van der Waals surface area contributed by atoms with Crippen LogP contribution in [-0.4, -0.2) is 22.1 Å². The quantitative estimate of drug-likeness (QED) is 0.452. The molecule has 2 rings (SSSR count). The number of para-hydroxylation sites is 1. The first kappa shape index (κ1) is 15.4. The molecule has 0 unspecified atom stereocenters. The Kier molecular flexibility index (Phi) is 5.68. The third-order valence-corrected chi connectivity index (χ3v) is 2.89. The Labute approximate surface area is 130 Å². The smallest absolute Gasteiger partial charge is 0.207 e. The lowest BCUT2D eigenvalue weighted by Crippen LogP contribution is -2.29. The van der Waals surface area contributed by atoms with E-state index in [2.05, 4.69) is 21.1 Å². The zero-order valence-electron chi connectivity index (χ0n) is 11.4. The molecule has 107 valence electrons. The first-order valence-electron chi connectivity index (χ1n) is 6.30. The largest absolute Gasteiger partial charge is 0.507 e. The lowest BCUT2D eigenvalue weighted by molar-refractivity contribution is 0.474. The van der Waals surface area contributed by atoms with E-state index in [1.807, 2.05) is 38.7 Å². The fourth-order valence-electron chi connectivity index (χ4n) is 1.60. The van der Waals surface area contributed by atoms with Crippen LogP contribution in [0, 0.1) is 31.6 Å². The lowest BCUT2D eigenvalue weighted by Gasteiger charge is -2.08. The molecule has 0 atom stereocenters. The SMILES string of the molecule is C/C(=N\NC(=S)N/N=C/c1ccccc1O)[C]1[CH][CH][CH][CH]1. The van der Waals surface area contributed by atoms with Crippen LogP contribution in [0.3, 0.4) is 0 Å². The van der Waals surface area contributed by atoms with E-state index in [-0.39, 0.29) is 10.9 Å². The van der Waals surface area contributed by atoms with E-state index in [1.165, 1.54) is 6.21 Å². The van der Waals surface area contributed by atoms with Crippen LogP contribution in [0.15, 0.2) is 34.5 Å². The Morgan fingerprint density at radius 2 is 1.90 bits per heavy atom. The molecule has 0 amide bonds. The highest BCUT2D eigenvalue weighted by atomic mass is 32.1. The minimum Gasteiger partial charge on any atom is -0.507 e. The maximum atomic E-state index is 9.57. The van der Waals surface area contributed by atoms with E-state index >= 15 is 0 Å². The van der Waals surface area contributed by atoms with Crippen molar-refractivity contribution in [1.29, 1.82) is 0 Å². The highest BCUT2D eigenvalue weighted by Gasteiger charge is 2.19. The molecule has 0 bridgehead atoms. The molecule has 5 nitrogen and oxygen atoms in total. The van der Waals surface area contributed by atoms with Gasteiger partial charge in [0, 0.05) is 17.2 Å². The summed E-state index contributed by atoms with van der Waals surface area (Å²) in [6.45, 7) is 1.89. The number of phenols is 1. The van der Waals surface area contributed by atoms with Gasteiger partial charge in [0.15, 0.2) is 0 Å². The number of benzene rings is 1. The molecule has 1 aromatic rings. The fourth-order valence-corrected chi connectivity index (χ4v) is 1.69. The van der Waals surface area contributed by atoms with Gasteiger partial charge >= 0.3 is 0 Å². The molecule has 0 spiro atoms. The van der Waals surface area contributed by atoms with Gasteiger partial charge in [0.05, 0.1) is 6.21 Å². The Morgan fingerprint density at radius 3 is 2.62 bits per heavy atom. The molecule has 6 heteroatoms. The summed E-state index contributed by atoms with van der Waals surface area (Å²) in [6, 6.07) is 6.89. The minimum atomic E-state index is 0.159. The molecule has 1 aliphatic carbocycles. The van der Waals surface area contributed by atoms with Gasteiger partial charge < -0.3 is 5.11 Å². The normalized spacial score (nSPS) is 16.3. The highest BCUT2D eigenvalue weighted by Crippen LogP contribution is 2.23. The average Bonchev–Trinajstić information content (AvgIpc) is 3.01. The predicted molar refractivity (Wildman–Crippen MR) is 88.1 cm³/mol. The van der Waals surface area contributed by atoms with Gasteiger partial charge in [-0.25, -0.2) is 0 Å². The number of hydrazone groups is 2. The fraction of sp³-hybridized carbons (Fsp3) is 0.0667. The van der Waals surface area contributed by atoms with E-state index in [9.17, 15) is 5.11 Å². The van der Waals surface area contributed by atoms with Gasteiger partial charge in [0.1, 0.15) is 5.75 Å². The van der Waals surface area contributed by atoms with Crippen molar-refractivity contribution in [2.45, 2.75) is 6.92 Å². The van der Waals surface area contributed by atoms with Crippen LogP contribution in [0.2, 0.25) is 0 Å². The van der Waals surface area contributed by atoms with Crippen LogP contribution in [-0.2, 0) is 0 Å². The third kappa shape index (κ3) is 4.82. The van der Waals surface area contributed by atoms with Gasteiger partial charge in [-0.15, -0.1) is 0 Å². The Bertz CT molecular complexity index is 550. The Balaban J connectivity index is 1.79. The van der Waals surface area contributed by atoms with E-state index in [1.54, 1.807) is 18.2 Å². The topological polar surface area (TPSA) is 69.0 Å². The molecule has 0 aromatic heterocycles. The Morgan fingerprint density at radius 1 is 1.19 bits per heavy atom. The first-order chi connectivity index (χ1) is 10.2. The molecular formula is C15H15N4OS. The second kappa shape index (κ2) is 7.73. The molecule has 21 heavy (non-hydrogen) atoms. The van der Waals surface area contributed by atoms with Crippen molar-refractivity contribution >= 4 is 29.3 Å². The molecule has 3 N–H and O–H groups in total. The van der Waals surface area contributed by atoms with Crippen LogP contribution in [0.5, 0.6) is 5.75 Å². The number of rotatable bonds is 4. The van der Waals surface area contributed by atoms with Crippen LogP contribution < -0.4 is 10.9 Å². The maximum Gasteiger partial charge on any atom is 0.207 e. The van der Waals surface area contributed by atoms with Crippen molar-refractivity contribution in [1.82, 2.24) is 10.9 Å². The summed E-state index contributed by atoms with van der Waals surface area (Å²) in [5.74, 6) is 1.19. The number of phenolic OH excluding ortho intramolecular Hbond substituents is 1. The van der Waals surface area contributed by atoms with Gasteiger partial charge in [-0.2, -0.15) is 10.2 Å². The second-order valence-corrected chi connectivity index (χ2v) is 4.65. The van der Waals surface area contributed by atoms with Crippen LogP contribution >= 0.6 is 12.2 Å². The molecular weight excluding hydrogens is 284 g/mol. The molecule has 0 saturated heterocycles. The first-order valence-corrected chi connectivity index (χ1v) is 6.71. The molecule has 1 aliphatic rings. The minimum absolute atomic E-state index is 0.159. The van der Waals surface area contributed by atoms with Crippen molar-refractivity contribution in [3.05, 3.63) is 61.4 Å². The third-order valence-electron chi connectivity index (χ3n) is 2.71. The molecule has 1 saturated carbocycles. The van der Waals surface area contributed by atoms with Gasteiger partial charge in [-0.05, 0) is 57.0 Å². The van der Waals surface area contributed by atoms with Gasteiger partial charge in [-0.1, -0.05) is 12.1 Å². The lowest BCUT2D eigenvalue weighted by atomic mass is 10.0. The highest BCUT2D eigenvalue weighted by molar-refractivity contribution is 7.80. The van der Waals surface area contributed by atoms with Crippen molar-refractivity contribution in [2.24, 2.45) is 10.2 Å². The summed E-state index contributed by atoms with van der Waals surface area (Å²) >= 11 is 5.04. The van der Waals surface area contributed by atoms with Crippen molar-refractivity contribution in [3.63, 3.8) is 0 Å². The number of nitrogens with one attached hydrogen (secondary N) is 2. The van der Waals surface area contributed by atoms with E-state index in [0.717, 1.165) is 11.6 Å². The number of aromatic hydroxyl groups is 1. The van der Waals surface area contributed by atoms with E-state index in [0.29, 0.717) is 5.56 Å². The molecule has 5 radical (unpaired) electrons. The van der Waals surface area contributed by atoms with Gasteiger partial charge in [0.2, 0.25) is 5.11 Å². The van der Waals surface area contributed by atoms with Gasteiger partial charge in [-0.3, -0.25) is 10.9 Å². The van der Waals surface area contributed by atoms with E-state index in [4.69, 9.17) is 12.2 Å². The average molecular weight is 299 g/mol. The standard InChI is InChI=1S/C15H15N4OS/c1-11(12-6-2-3-7-12)17-19-15(21)18-16-10-13-8-4-5-9-14(13)20/h2-10,20H,1H3,(H2,18,19,21)/b16-10+,17-11+. The number of hydrogen-bond acceptors (Lipinski definition) is 4. The van der Waals surface area contributed by atoms with E-state index < -0.39 is 0 Å². The van der Waals surface area contributed by atoms with Crippen molar-refractivity contribution < 1.29 is 5.11 Å². The van der Waals surface area contributed by atoms with Crippen molar-refractivity contribution in [2.75, 3.05) is 0 Å². The second-order valence-electron chi connectivity index (χ2n) is 4.24. The number of thiocarbonyl (C=S) groups is 1. The summed E-state index contributed by atoms with van der Waals surface area (Å²) in [5, 5.41) is 17.9. The molecule has 0 heterocycles. The number of hydrogen-bond donors (Lipinski definition) is 3. The summed E-state index contributed by atoms with van der Waals surface area (Å²) in [4.78, 5) is 0. The predicted octanol–water partition coefficient (Wildman–Crippen LogP) is 1.97. The molecule has 1 aromatic carbocycles. The van der Waals surface area contributed by atoms with Crippen LogP contribution in [0.25, 0.3) is 0 Å². The van der Waals surface area contributed by atoms with Gasteiger partial charge in [0.25, 0.3) is 0 Å². The van der Waals surface area contributed by atoms with Crippen LogP contribution in [0.4, 0.5) is 0 Å². The summed E-state index contributed by atoms with van der Waals surface area (Å²) in [7, 11) is 0. The monoisotopic (exact) mass is 299 g/mol. The summed E-state index contributed by atoms with van der Waals surface area (Å²) in [5.41, 5.74) is 6.76. The zero-order valence-corrected chi connectivity index (χ0v) is 12.3. The maximum absolute atomic E-state index is 9.57. The zero-order chi connectivity index (χ0) is 15.1.